The number of allylic oxidation sites excluding steroid dienone is 2. The third kappa shape index (κ3) is 5.50. The molecule has 0 unspecified atom stereocenters. The van der Waals surface area contributed by atoms with Gasteiger partial charge in [-0.25, -0.2) is 0 Å². The van der Waals surface area contributed by atoms with E-state index in [9.17, 15) is 0 Å². The highest BCUT2D eigenvalue weighted by molar-refractivity contribution is 6.73. The fourth-order valence-corrected chi connectivity index (χ4v) is 6.21. The van der Waals surface area contributed by atoms with Gasteiger partial charge in [-0.15, -0.1) is 0 Å². The van der Waals surface area contributed by atoms with Crippen molar-refractivity contribution < 1.29 is 9.16 Å². The van der Waals surface area contributed by atoms with Crippen LogP contribution < -0.4 is 4.74 Å². The molecule has 0 aromatic heterocycles. The second-order valence-electron chi connectivity index (χ2n) is 7.05. The fourth-order valence-electron chi connectivity index (χ4n) is 3.55. The van der Waals surface area contributed by atoms with Crippen LogP contribution >= 0.6 is 0 Å². The summed E-state index contributed by atoms with van der Waals surface area (Å²) in [7, 11) is -1.65. The molecular weight excluding hydrogens is 324 g/mol. The molecule has 25 heavy (non-hydrogen) atoms. The first-order valence-corrected chi connectivity index (χ1v) is 12.4. The Morgan fingerprint density at radius 1 is 1.08 bits per heavy atom. The molecule has 138 valence electrons. The van der Waals surface area contributed by atoms with Crippen molar-refractivity contribution in [2.75, 3.05) is 6.61 Å². The predicted octanol–water partition coefficient (Wildman–Crippen LogP) is 6.72. The zero-order valence-corrected chi connectivity index (χ0v) is 17.2. The zero-order chi connectivity index (χ0) is 18.1. The van der Waals surface area contributed by atoms with Crippen LogP contribution in [0.4, 0.5) is 0 Å². The van der Waals surface area contributed by atoms with Crippen LogP contribution in [0, 0.1) is 5.92 Å². The van der Waals surface area contributed by atoms with Crippen molar-refractivity contribution in [1.82, 2.24) is 0 Å². The molecule has 1 aliphatic carbocycles. The molecule has 2 rings (SSSR count). The average molecular weight is 359 g/mol. The Morgan fingerprint density at radius 2 is 1.76 bits per heavy atom. The van der Waals surface area contributed by atoms with Gasteiger partial charge in [0.05, 0.1) is 5.76 Å². The number of ether oxygens (including phenoxy) is 1. The van der Waals surface area contributed by atoms with E-state index in [0.717, 1.165) is 24.2 Å². The minimum Gasteiger partial charge on any atom is -0.546 e. The maximum Gasteiger partial charge on any atom is 0.250 e. The van der Waals surface area contributed by atoms with E-state index >= 15 is 0 Å². The Kier molecular flexibility index (Phi) is 7.82. The van der Waals surface area contributed by atoms with Gasteiger partial charge in [0.2, 0.25) is 8.32 Å². The third-order valence-corrected chi connectivity index (χ3v) is 10.1. The highest BCUT2D eigenvalue weighted by Gasteiger charge is 2.34. The lowest BCUT2D eigenvalue weighted by atomic mass is 9.94. The summed E-state index contributed by atoms with van der Waals surface area (Å²) in [5, 5.41) is 0. The van der Waals surface area contributed by atoms with Crippen LogP contribution in [-0.2, 0) is 4.43 Å². The lowest BCUT2D eigenvalue weighted by Crippen LogP contribution is -2.37. The summed E-state index contributed by atoms with van der Waals surface area (Å²) in [5.74, 6) is 2.40. The van der Waals surface area contributed by atoms with E-state index in [1.165, 1.54) is 36.7 Å². The monoisotopic (exact) mass is 358 g/mol. The van der Waals surface area contributed by atoms with Crippen molar-refractivity contribution in [2.24, 2.45) is 5.92 Å². The first-order chi connectivity index (χ1) is 12.1. The molecule has 0 saturated heterocycles. The quantitative estimate of drug-likeness (QED) is 0.360. The SMILES string of the molecule is C=C(COc1ccccc1)[C@@H]1CCCCC=C1O[Si](CC)(CC)CC. The Bertz CT molecular complexity index is 552. The van der Waals surface area contributed by atoms with Gasteiger partial charge in [-0.05, 0) is 61.2 Å². The van der Waals surface area contributed by atoms with E-state index in [0.29, 0.717) is 12.5 Å². The highest BCUT2D eigenvalue weighted by Crippen LogP contribution is 2.35. The molecule has 0 fully saturated rings. The van der Waals surface area contributed by atoms with Gasteiger partial charge < -0.3 is 9.16 Å². The first-order valence-electron chi connectivity index (χ1n) is 9.88. The van der Waals surface area contributed by atoms with E-state index < -0.39 is 8.32 Å². The number of para-hydroxylation sites is 1. The lowest BCUT2D eigenvalue weighted by Gasteiger charge is -2.34. The molecule has 0 spiro atoms. The molecule has 0 aliphatic heterocycles. The molecule has 0 bridgehead atoms. The Labute approximate surface area is 155 Å². The molecule has 2 nitrogen and oxygen atoms in total. The van der Waals surface area contributed by atoms with E-state index in [1.807, 2.05) is 30.3 Å². The van der Waals surface area contributed by atoms with Crippen LogP contribution in [0.2, 0.25) is 18.1 Å². The fraction of sp³-hybridized carbons (Fsp3) is 0.545. The van der Waals surface area contributed by atoms with Gasteiger partial charge in [-0.3, -0.25) is 0 Å². The topological polar surface area (TPSA) is 18.5 Å². The smallest absolute Gasteiger partial charge is 0.250 e. The minimum atomic E-state index is -1.65. The van der Waals surface area contributed by atoms with Crippen LogP contribution in [0.15, 0.2) is 54.3 Å². The number of rotatable bonds is 9. The number of benzene rings is 1. The van der Waals surface area contributed by atoms with Gasteiger partial charge in [-0.2, -0.15) is 0 Å². The molecule has 0 amide bonds. The zero-order valence-electron chi connectivity index (χ0n) is 16.2. The van der Waals surface area contributed by atoms with Crippen LogP contribution in [0.3, 0.4) is 0 Å². The van der Waals surface area contributed by atoms with Crippen molar-refractivity contribution in [3.8, 4) is 5.75 Å². The maximum atomic E-state index is 6.78. The second-order valence-corrected chi connectivity index (χ2v) is 11.7. The van der Waals surface area contributed by atoms with Gasteiger partial charge >= 0.3 is 0 Å². The molecule has 1 atom stereocenters. The normalized spacial score (nSPS) is 18.2. The van der Waals surface area contributed by atoms with E-state index in [2.05, 4.69) is 33.4 Å². The van der Waals surface area contributed by atoms with Gasteiger partial charge in [0.15, 0.2) is 0 Å². The summed E-state index contributed by atoms with van der Waals surface area (Å²) in [6, 6.07) is 13.5. The highest BCUT2D eigenvalue weighted by atomic mass is 28.4. The summed E-state index contributed by atoms with van der Waals surface area (Å²) in [5.41, 5.74) is 1.14. The van der Waals surface area contributed by atoms with Gasteiger partial charge in [-0.1, -0.05) is 52.0 Å². The molecule has 1 aliphatic rings. The first kappa shape index (κ1) is 19.8. The van der Waals surface area contributed by atoms with Crippen LogP contribution in [-0.4, -0.2) is 14.9 Å². The van der Waals surface area contributed by atoms with Gasteiger partial charge in [0.1, 0.15) is 12.4 Å². The standard InChI is InChI=1S/C22H34O2Si/c1-5-25(6-2,7-3)24-22-17-13-9-12-16-21(22)19(4)18-23-20-14-10-8-11-15-20/h8,10-11,14-15,17,21H,4-7,9,12-13,16,18H2,1-3H3/t21-/m0/s1. The van der Waals surface area contributed by atoms with Gasteiger partial charge in [0, 0.05) is 5.92 Å². The van der Waals surface area contributed by atoms with Crippen molar-refractivity contribution in [2.45, 2.75) is 64.6 Å². The molecule has 0 N–H and O–H groups in total. The lowest BCUT2D eigenvalue weighted by molar-refractivity contribution is 0.302. The van der Waals surface area contributed by atoms with Crippen LogP contribution in [0.25, 0.3) is 0 Å². The second kappa shape index (κ2) is 9.86. The number of hydrogen-bond donors (Lipinski definition) is 0. The Balaban J connectivity index is 2.08. The average Bonchev–Trinajstić information content (AvgIpc) is 2.90. The molecule has 1 aromatic rings. The summed E-state index contributed by atoms with van der Waals surface area (Å²) in [6.07, 6.45) is 7.07. The maximum absolute atomic E-state index is 6.78. The largest absolute Gasteiger partial charge is 0.546 e. The summed E-state index contributed by atoms with van der Waals surface area (Å²) >= 11 is 0. The molecule has 1 aromatic carbocycles. The molecule has 0 saturated carbocycles. The Hall–Kier alpha value is -1.48. The number of hydrogen-bond acceptors (Lipinski definition) is 2. The van der Waals surface area contributed by atoms with Crippen molar-refractivity contribution in [1.29, 1.82) is 0 Å². The van der Waals surface area contributed by atoms with Gasteiger partial charge in [0.25, 0.3) is 0 Å². The van der Waals surface area contributed by atoms with E-state index in [1.54, 1.807) is 0 Å². The third-order valence-electron chi connectivity index (χ3n) is 5.56. The van der Waals surface area contributed by atoms with Crippen molar-refractivity contribution in [3.63, 3.8) is 0 Å². The van der Waals surface area contributed by atoms with E-state index in [-0.39, 0.29) is 0 Å². The summed E-state index contributed by atoms with van der Waals surface area (Å²) in [6.45, 7) is 11.8. The summed E-state index contributed by atoms with van der Waals surface area (Å²) < 4.78 is 12.7. The van der Waals surface area contributed by atoms with Crippen molar-refractivity contribution >= 4 is 8.32 Å². The summed E-state index contributed by atoms with van der Waals surface area (Å²) in [4.78, 5) is 0. The van der Waals surface area contributed by atoms with Crippen molar-refractivity contribution in [3.05, 3.63) is 54.3 Å². The van der Waals surface area contributed by atoms with Crippen LogP contribution in [0.5, 0.6) is 5.75 Å². The van der Waals surface area contributed by atoms with E-state index in [4.69, 9.17) is 9.16 Å². The predicted molar refractivity (Wildman–Crippen MR) is 109 cm³/mol. The molecule has 3 heteroatoms. The minimum absolute atomic E-state index is 0.308. The molecule has 0 heterocycles. The molecule has 0 radical (unpaired) electrons. The molecular formula is C22H34O2Si. The van der Waals surface area contributed by atoms with Crippen LogP contribution in [0.1, 0.15) is 46.5 Å². The Morgan fingerprint density at radius 3 is 2.40 bits per heavy atom.